The number of benzene rings is 1. The van der Waals surface area contributed by atoms with E-state index in [1.54, 1.807) is 18.7 Å². The van der Waals surface area contributed by atoms with Crippen LogP contribution in [0.25, 0.3) is 0 Å². The van der Waals surface area contributed by atoms with Gasteiger partial charge in [-0.05, 0) is 46.2 Å². The van der Waals surface area contributed by atoms with Crippen molar-refractivity contribution in [2.75, 3.05) is 19.7 Å². The molecule has 0 spiro atoms. The van der Waals surface area contributed by atoms with Crippen LogP contribution in [0.5, 0.6) is 5.75 Å². The Morgan fingerprint density at radius 2 is 1.90 bits per heavy atom. The van der Waals surface area contributed by atoms with Crippen molar-refractivity contribution >= 4 is 5.91 Å². The number of nitrogens with zero attached hydrogens (tertiary/aromatic N) is 1. The summed E-state index contributed by atoms with van der Waals surface area (Å²) in [6, 6.07) is 7.87. The molecule has 0 aliphatic heterocycles. The fourth-order valence-corrected chi connectivity index (χ4v) is 2.05. The van der Waals surface area contributed by atoms with Crippen LogP contribution >= 0.6 is 0 Å². The molecule has 0 saturated heterocycles. The first-order chi connectivity index (χ1) is 9.81. The molecule has 0 aromatic heterocycles. The summed E-state index contributed by atoms with van der Waals surface area (Å²) < 4.78 is 5.61. The highest BCUT2D eigenvalue weighted by molar-refractivity contribution is 5.76. The van der Waals surface area contributed by atoms with Gasteiger partial charge in [0.2, 0.25) is 5.91 Å². The number of hydrogen-bond donors (Lipinski definition) is 1. The Morgan fingerprint density at radius 3 is 2.43 bits per heavy atom. The lowest BCUT2D eigenvalue weighted by atomic mass is 10.1. The summed E-state index contributed by atoms with van der Waals surface area (Å²) in [7, 11) is 0. The quantitative estimate of drug-likeness (QED) is 0.750. The van der Waals surface area contributed by atoms with Crippen LogP contribution in [-0.2, 0) is 4.79 Å². The van der Waals surface area contributed by atoms with Gasteiger partial charge in [-0.2, -0.15) is 0 Å². The van der Waals surface area contributed by atoms with Gasteiger partial charge in [0.1, 0.15) is 5.75 Å². The van der Waals surface area contributed by atoms with Gasteiger partial charge in [-0.15, -0.1) is 0 Å². The van der Waals surface area contributed by atoms with Crippen molar-refractivity contribution in [3.63, 3.8) is 0 Å². The number of carbonyl (C=O) groups excluding carboxylic acids is 1. The van der Waals surface area contributed by atoms with Crippen molar-refractivity contribution in [1.82, 2.24) is 4.90 Å². The predicted octanol–water partition coefficient (Wildman–Crippen LogP) is 2.77. The van der Waals surface area contributed by atoms with E-state index in [0.717, 1.165) is 5.75 Å². The zero-order valence-electron chi connectivity index (χ0n) is 13.6. The van der Waals surface area contributed by atoms with Gasteiger partial charge in [0.05, 0.1) is 12.2 Å². The number of ether oxygens (including phenoxy) is 1. The lowest BCUT2D eigenvalue weighted by Crippen LogP contribution is -2.42. The number of aliphatic hydroxyl groups is 1. The number of aryl methyl sites for hydroxylation is 1. The molecule has 0 aliphatic carbocycles. The summed E-state index contributed by atoms with van der Waals surface area (Å²) in [5, 5.41) is 9.79. The minimum Gasteiger partial charge on any atom is -0.494 e. The van der Waals surface area contributed by atoms with Crippen LogP contribution in [0.4, 0.5) is 0 Å². The molecule has 4 nitrogen and oxygen atoms in total. The smallest absolute Gasteiger partial charge is 0.222 e. The fourth-order valence-electron chi connectivity index (χ4n) is 2.05. The summed E-state index contributed by atoms with van der Waals surface area (Å²) in [6.07, 6.45) is 1.12. The number of likely N-dealkylation sites (N-methyl/N-ethyl adjacent to an activating group) is 1. The molecular weight excluding hydrogens is 266 g/mol. The van der Waals surface area contributed by atoms with E-state index in [2.05, 4.69) is 0 Å². The topological polar surface area (TPSA) is 49.8 Å². The van der Waals surface area contributed by atoms with Gasteiger partial charge in [0.15, 0.2) is 0 Å². The Balaban J connectivity index is 2.30. The zero-order chi connectivity index (χ0) is 15.9. The first kappa shape index (κ1) is 17.5. The molecule has 1 N–H and O–H groups in total. The average molecular weight is 293 g/mol. The van der Waals surface area contributed by atoms with E-state index in [4.69, 9.17) is 4.74 Å². The maximum Gasteiger partial charge on any atom is 0.222 e. The van der Waals surface area contributed by atoms with Crippen LogP contribution in [0.15, 0.2) is 24.3 Å². The molecular formula is C17H27NO3. The van der Waals surface area contributed by atoms with Crippen LogP contribution in [0.3, 0.4) is 0 Å². The average Bonchev–Trinajstić information content (AvgIpc) is 2.41. The molecule has 0 saturated carbocycles. The third kappa shape index (κ3) is 7.14. The van der Waals surface area contributed by atoms with Gasteiger partial charge >= 0.3 is 0 Å². The van der Waals surface area contributed by atoms with Crippen LogP contribution in [-0.4, -0.2) is 41.2 Å². The Morgan fingerprint density at radius 1 is 1.29 bits per heavy atom. The van der Waals surface area contributed by atoms with Crippen molar-refractivity contribution in [2.24, 2.45) is 0 Å². The second kappa shape index (κ2) is 8.03. The Labute approximate surface area is 127 Å². The van der Waals surface area contributed by atoms with Crippen molar-refractivity contribution in [3.05, 3.63) is 29.8 Å². The third-order valence-electron chi connectivity index (χ3n) is 3.14. The van der Waals surface area contributed by atoms with Crippen molar-refractivity contribution in [2.45, 2.75) is 46.1 Å². The first-order valence-corrected chi connectivity index (χ1v) is 7.51. The fraction of sp³-hybridized carbons (Fsp3) is 0.588. The number of rotatable bonds is 8. The first-order valence-electron chi connectivity index (χ1n) is 7.51. The maximum atomic E-state index is 12.1. The van der Waals surface area contributed by atoms with Gasteiger partial charge in [-0.3, -0.25) is 4.79 Å². The van der Waals surface area contributed by atoms with Crippen LogP contribution < -0.4 is 4.74 Å². The third-order valence-corrected chi connectivity index (χ3v) is 3.14. The second-order valence-corrected chi connectivity index (χ2v) is 5.99. The molecule has 1 aromatic rings. The lowest BCUT2D eigenvalue weighted by Gasteiger charge is -2.28. The highest BCUT2D eigenvalue weighted by Crippen LogP contribution is 2.12. The second-order valence-electron chi connectivity index (χ2n) is 5.99. The molecule has 1 aromatic carbocycles. The standard InChI is InChI=1S/C17H27NO3/c1-5-18(13-17(3,4)20)16(19)7-6-12-21-15-10-8-14(2)9-11-15/h8-11,20H,5-7,12-13H2,1-4H3. The van der Waals surface area contributed by atoms with Crippen LogP contribution in [0.1, 0.15) is 39.2 Å². The zero-order valence-corrected chi connectivity index (χ0v) is 13.6. The number of amides is 1. The van der Waals surface area contributed by atoms with E-state index in [9.17, 15) is 9.90 Å². The van der Waals surface area contributed by atoms with Gasteiger partial charge in [-0.25, -0.2) is 0 Å². The Kier molecular flexibility index (Phi) is 6.69. The lowest BCUT2D eigenvalue weighted by molar-refractivity contribution is -0.134. The molecule has 118 valence electrons. The van der Waals surface area contributed by atoms with Crippen molar-refractivity contribution in [3.8, 4) is 5.75 Å². The summed E-state index contributed by atoms with van der Waals surface area (Å²) in [4.78, 5) is 13.8. The monoisotopic (exact) mass is 293 g/mol. The SMILES string of the molecule is CCN(CC(C)(C)O)C(=O)CCCOc1ccc(C)cc1. The molecule has 0 aliphatic rings. The maximum absolute atomic E-state index is 12.1. The van der Waals surface area contributed by atoms with E-state index in [1.807, 2.05) is 38.1 Å². The minimum absolute atomic E-state index is 0.0622. The highest BCUT2D eigenvalue weighted by atomic mass is 16.5. The number of hydrogen-bond acceptors (Lipinski definition) is 3. The molecule has 1 amide bonds. The predicted molar refractivity (Wildman–Crippen MR) is 84.5 cm³/mol. The van der Waals surface area contributed by atoms with E-state index in [0.29, 0.717) is 32.5 Å². The summed E-state index contributed by atoms with van der Waals surface area (Å²) in [5.74, 6) is 0.893. The van der Waals surface area contributed by atoms with Gasteiger partial charge in [-0.1, -0.05) is 17.7 Å². The Bertz CT molecular complexity index is 434. The molecule has 1 rings (SSSR count). The molecule has 0 heterocycles. The molecule has 0 bridgehead atoms. The molecule has 4 heteroatoms. The summed E-state index contributed by atoms with van der Waals surface area (Å²) in [6.45, 7) is 8.88. The molecule has 0 fully saturated rings. The summed E-state index contributed by atoms with van der Waals surface area (Å²) >= 11 is 0. The molecule has 0 atom stereocenters. The normalized spacial score (nSPS) is 11.3. The van der Waals surface area contributed by atoms with Gasteiger partial charge in [0, 0.05) is 19.5 Å². The molecule has 0 unspecified atom stereocenters. The number of carbonyl (C=O) groups is 1. The van der Waals surface area contributed by atoms with E-state index < -0.39 is 5.60 Å². The largest absolute Gasteiger partial charge is 0.494 e. The minimum atomic E-state index is -0.857. The van der Waals surface area contributed by atoms with Crippen molar-refractivity contribution < 1.29 is 14.6 Å². The van der Waals surface area contributed by atoms with Crippen LogP contribution in [0, 0.1) is 6.92 Å². The summed E-state index contributed by atoms with van der Waals surface area (Å²) in [5.41, 5.74) is 0.340. The van der Waals surface area contributed by atoms with Crippen LogP contribution in [0.2, 0.25) is 0 Å². The van der Waals surface area contributed by atoms with E-state index in [-0.39, 0.29) is 5.91 Å². The van der Waals surface area contributed by atoms with E-state index >= 15 is 0 Å². The highest BCUT2D eigenvalue weighted by Gasteiger charge is 2.20. The molecule has 0 radical (unpaired) electrons. The van der Waals surface area contributed by atoms with Gasteiger partial charge < -0.3 is 14.7 Å². The molecule has 21 heavy (non-hydrogen) atoms. The van der Waals surface area contributed by atoms with Crippen molar-refractivity contribution in [1.29, 1.82) is 0 Å². The Hall–Kier alpha value is -1.55. The van der Waals surface area contributed by atoms with Gasteiger partial charge in [0.25, 0.3) is 0 Å². The van der Waals surface area contributed by atoms with E-state index in [1.165, 1.54) is 5.56 Å².